The lowest BCUT2D eigenvalue weighted by Crippen LogP contribution is -1.92. The predicted octanol–water partition coefficient (Wildman–Crippen LogP) is 3.65. The Bertz CT molecular complexity index is 350. The monoisotopic (exact) mass is 218 g/mol. The maximum atomic E-state index is 10.3. The van der Waals surface area contributed by atoms with Crippen LogP contribution < -0.4 is 0 Å². The molecule has 1 N–H and O–H groups in total. The summed E-state index contributed by atoms with van der Waals surface area (Å²) in [5, 5.41) is 8.46. The second kappa shape index (κ2) is 6.83. The van der Waals surface area contributed by atoms with Crippen LogP contribution in [0.25, 0.3) is 6.08 Å². The van der Waals surface area contributed by atoms with E-state index in [1.165, 1.54) is 11.1 Å². The molecule has 0 radical (unpaired) electrons. The Morgan fingerprint density at radius 2 is 1.94 bits per heavy atom. The van der Waals surface area contributed by atoms with Gasteiger partial charge in [0.25, 0.3) is 0 Å². The topological polar surface area (TPSA) is 37.3 Å². The number of carbonyl (C=O) groups is 1. The molecule has 0 saturated carbocycles. The van der Waals surface area contributed by atoms with Crippen molar-refractivity contribution in [3.8, 4) is 0 Å². The van der Waals surface area contributed by atoms with Crippen LogP contribution in [0.3, 0.4) is 0 Å². The smallest absolute Gasteiger partial charge is 0.303 e. The Morgan fingerprint density at radius 3 is 2.56 bits per heavy atom. The van der Waals surface area contributed by atoms with Gasteiger partial charge in [-0.3, -0.25) is 4.79 Å². The third kappa shape index (κ3) is 5.35. The lowest BCUT2D eigenvalue weighted by atomic mass is 10.1. The van der Waals surface area contributed by atoms with Gasteiger partial charge in [-0.1, -0.05) is 42.0 Å². The van der Waals surface area contributed by atoms with Crippen molar-refractivity contribution < 1.29 is 9.90 Å². The van der Waals surface area contributed by atoms with Crippen molar-refractivity contribution in [1.82, 2.24) is 0 Å². The maximum absolute atomic E-state index is 10.3. The highest BCUT2D eigenvalue weighted by molar-refractivity contribution is 5.66. The van der Waals surface area contributed by atoms with Gasteiger partial charge in [-0.05, 0) is 31.7 Å². The Hall–Kier alpha value is -1.57. The van der Waals surface area contributed by atoms with Crippen LogP contribution in [0.5, 0.6) is 0 Å². The molecule has 0 aromatic heterocycles. The first-order valence-corrected chi connectivity index (χ1v) is 5.63. The SMILES string of the molecule is Cc1ccc(/C=C/CCCCC(=O)O)cc1. The molecule has 0 spiro atoms. The highest BCUT2D eigenvalue weighted by Gasteiger charge is 1.94. The van der Waals surface area contributed by atoms with Gasteiger partial charge in [0.1, 0.15) is 0 Å². The molecule has 0 saturated heterocycles. The van der Waals surface area contributed by atoms with Crippen molar-refractivity contribution in [1.29, 1.82) is 0 Å². The van der Waals surface area contributed by atoms with Crippen LogP contribution in [0.15, 0.2) is 30.3 Å². The number of hydrogen-bond acceptors (Lipinski definition) is 1. The molecule has 0 aliphatic rings. The van der Waals surface area contributed by atoms with Crippen molar-refractivity contribution >= 4 is 12.0 Å². The Kier molecular flexibility index (Phi) is 5.34. The number of allylic oxidation sites excluding steroid dienone is 1. The molecule has 0 unspecified atom stereocenters. The number of rotatable bonds is 6. The minimum Gasteiger partial charge on any atom is -0.481 e. The van der Waals surface area contributed by atoms with E-state index in [1.807, 2.05) is 0 Å². The number of hydrogen-bond donors (Lipinski definition) is 1. The molecule has 0 aliphatic heterocycles. The van der Waals surface area contributed by atoms with Crippen molar-refractivity contribution in [3.05, 3.63) is 41.5 Å². The number of unbranched alkanes of at least 4 members (excludes halogenated alkanes) is 2. The zero-order valence-corrected chi connectivity index (χ0v) is 9.65. The van der Waals surface area contributed by atoms with Crippen LogP contribution in [0.2, 0.25) is 0 Å². The summed E-state index contributed by atoms with van der Waals surface area (Å²) >= 11 is 0. The van der Waals surface area contributed by atoms with Crippen LogP contribution in [0.1, 0.15) is 36.8 Å². The largest absolute Gasteiger partial charge is 0.481 e. The molecule has 1 aromatic carbocycles. The molecule has 86 valence electrons. The highest BCUT2D eigenvalue weighted by atomic mass is 16.4. The lowest BCUT2D eigenvalue weighted by molar-refractivity contribution is -0.137. The molecule has 16 heavy (non-hydrogen) atoms. The molecule has 0 heterocycles. The fourth-order valence-corrected chi connectivity index (χ4v) is 1.44. The second-order valence-electron chi connectivity index (χ2n) is 3.95. The molecular formula is C14H18O2. The van der Waals surface area contributed by atoms with Crippen molar-refractivity contribution in [2.45, 2.75) is 32.6 Å². The van der Waals surface area contributed by atoms with E-state index in [9.17, 15) is 4.79 Å². The number of aliphatic carboxylic acids is 1. The van der Waals surface area contributed by atoms with Gasteiger partial charge in [-0.25, -0.2) is 0 Å². The quantitative estimate of drug-likeness (QED) is 0.740. The summed E-state index contributed by atoms with van der Waals surface area (Å²) in [7, 11) is 0. The van der Waals surface area contributed by atoms with E-state index in [1.54, 1.807) is 0 Å². The Balaban J connectivity index is 2.22. The number of carboxylic acid groups (broad SMARTS) is 1. The molecule has 0 amide bonds. The molecule has 0 bridgehead atoms. The summed E-state index contributed by atoms with van der Waals surface area (Å²) in [5.41, 5.74) is 2.46. The fraction of sp³-hybridized carbons (Fsp3) is 0.357. The second-order valence-corrected chi connectivity index (χ2v) is 3.95. The molecular weight excluding hydrogens is 200 g/mol. The highest BCUT2D eigenvalue weighted by Crippen LogP contribution is 2.07. The minimum atomic E-state index is -0.706. The lowest BCUT2D eigenvalue weighted by Gasteiger charge is -1.95. The Labute approximate surface area is 96.6 Å². The first kappa shape index (κ1) is 12.5. The molecule has 2 heteroatoms. The van der Waals surface area contributed by atoms with Gasteiger partial charge in [0.05, 0.1) is 0 Å². The van der Waals surface area contributed by atoms with E-state index in [0.29, 0.717) is 0 Å². The van der Waals surface area contributed by atoms with E-state index >= 15 is 0 Å². The molecule has 0 atom stereocenters. The van der Waals surface area contributed by atoms with E-state index in [-0.39, 0.29) is 6.42 Å². The predicted molar refractivity (Wildman–Crippen MR) is 66.3 cm³/mol. The number of benzene rings is 1. The molecule has 0 fully saturated rings. The van der Waals surface area contributed by atoms with E-state index in [2.05, 4.69) is 43.3 Å². The van der Waals surface area contributed by atoms with Crippen LogP contribution >= 0.6 is 0 Å². The average molecular weight is 218 g/mol. The van der Waals surface area contributed by atoms with Crippen molar-refractivity contribution in [2.24, 2.45) is 0 Å². The van der Waals surface area contributed by atoms with Crippen molar-refractivity contribution in [3.63, 3.8) is 0 Å². The van der Waals surface area contributed by atoms with Crippen LogP contribution in [0.4, 0.5) is 0 Å². The molecule has 1 rings (SSSR count). The van der Waals surface area contributed by atoms with Gasteiger partial charge in [-0.2, -0.15) is 0 Å². The number of carboxylic acids is 1. The fourth-order valence-electron chi connectivity index (χ4n) is 1.44. The van der Waals surface area contributed by atoms with E-state index in [4.69, 9.17) is 5.11 Å². The summed E-state index contributed by atoms with van der Waals surface area (Å²) in [6, 6.07) is 8.35. The van der Waals surface area contributed by atoms with Gasteiger partial charge in [0.2, 0.25) is 0 Å². The first-order valence-electron chi connectivity index (χ1n) is 5.63. The van der Waals surface area contributed by atoms with E-state index in [0.717, 1.165) is 19.3 Å². The van der Waals surface area contributed by atoms with Gasteiger partial charge < -0.3 is 5.11 Å². The van der Waals surface area contributed by atoms with Crippen molar-refractivity contribution in [2.75, 3.05) is 0 Å². The zero-order chi connectivity index (χ0) is 11.8. The van der Waals surface area contributed by atoms with Gasteiger partial charge in [-0.15, -0.1) is 0 Å². The normalized spacial score (nSPS) is 10.8. The summed E-state index contributed by atoms with van der Waals surface area (Å²) in [6.45, 7) is 2.07. The average Bonchev–Trinajstić information content (AvgIpc) is 2.25. The molecule has 1 aromatic rings. The first-order chi connectivity index (χ1) is 7.68. The molecule has 2 nitrogen and oxygen atoms in total. The zero-order valence-electron chi connectivity index (χ0n) is 9.65. The summed E-state index contributed by atoms with van der Waals surface area (Å²) in [6.07, 6.45) is 7.11. The van der Waals surface area contributed by atoms with Gasteiger partial charge >= 0.3 is 5.97 Å². The third-order valence-corrected chi connectivity index (χ3v) is 2.40. The Morgan fingerprint density at radius 1 is 1.25 bits per heavy atom. The third-order valence-electron chi connectivity index (χ3n) is 2.40. The van der Waals surface area contributed by atoms with Crippen LogP contribution in [0, 0.1) is 6.92 Å². The maximum Gasteiger partial charge on any atom is 0.303 e. The minimum absolute atomic E-state index is 0.276. The summed E-state index contributed by atoms with van der Waals surface area (Å²) in [4.78, 5) is 10.3. The standard InChI is InChI=1S/C14H18O2/c1-12-8-10-13(11-9-12)6-4-2-3-5-7-14(15)16/h4,6,8-11H,2-3,5,7H2,1H3,(H,15,16)/b6-4+. The van der Waals surface area contributed by atoms with Crippen LogP contribution in [-0.4, -0.2) is 11.1 Å². The summed E-state index contributed by atoms with van der Waals surface area (Å²) in [5.74, 6) is -0.706. The van der Waals surface area contributed by atoms with Gasteiger partial charge in [0, 0.05) is 6.42 Å². The number of aryl methyl sites for hydroxylation is 1. The van der Waals surface area contributed by atoms with E-state index < -0.39 is 5.97 Å². The van der Waals surface area contributed by atoms with Crippen LogP contribution in [-0.2, 0) is 4.79 Å². The van der Waals surface area contributed by atoms with Gasteiger partial charge in [0.15, 0.2) is 0 Å². The summed E-state index contributed by atoms with van der Waals surface area (Å²) < 4.78 is 0. The molecule has 0 aliphatic carbocycles.